The molecule has 0 spiro atoms. The van der Waals surface area contributed by atoms with Crippen LogP contribution in [0.5, 0.6) is 0 Å². The topological polar surface area (TPSA) is 8.81 Å². The number of nitrogens with zero attached hydrogens (tertiary/aromatic N) is 2. The van der Waals surface area contributed by atoms with Gasteiger partial charge in [-0.25, -0.2) is 9.13 Å². The first-order valence-corrected chi connectivity index (χ1v) is 3.84. The van der Waals surface area contributed by atoms with E-state index < -0.39 is 0 Å². The summed E-state index contributed by atoms with van der Waals surface area (Å²) in [5.41, 5.74) is 0. The fraction of sp³-hybridized carbons (Fsp3) is 0.625. The Morgan fingerprint density at radius 2 is 1.92 bits per heavy atom. The van der Waals surface area contributed by atoms with E-state index in [0.717, 1.165) is 6.54 Å². The van der Waals surface area contributed by atoms with Crippen molar-refractivity contribution in [3.63, 3.8) is 0 Å². The van der Waals surface area contributed by atoms with Crippen LogP contribution in [0, 0.1) is 0 Å². The molecule has 1 rings (SSSR count). The minimum absolute atomic E-state index is 0. The van der Waals surface area contributed by atoms with Gasteiger partial charge >= 0.3 is 17.4 Å². The monoisotopic (exact) mass is 236 g/mol. The second kappa shape index (κ2) is 10.4. The van der Waals surface area contributed by atoms with Crippen molar-refractivity contribution in [2.24, 2.45) is 7.05 Å². The third kappa shape index (κ3) is 7.40. The van der Waals surface area contributed by atoms with Crippen molar-refractivity contribution >= 4 is 17.4 Å². The molecule has 0 bridgehead atoms. The van der Waals surface area contributed by atoms with Crippen molar-refractivity contribution in [1.29, 1.82) is 0 Å². The van der Waals surface area contributed by atoms with Crippen LogP contribution in [0.3, 0.4) is 0 Å². The molecule has 0 N–H and O–H groups in total. The average Bonchev–Trinajstić information content (AvgIpc) is 2.31. The van der Waals surface area contributed by atoms with E-state index in [2.05, 4.69) is 34.8 Å². The van der Waals surface area contributed by atoms with Gasteiger partial charge in [0.05, 0.1) is 13.6 Å². The maximum absolute atomic E-state index is 2.21. The number of hydrogen-bond donors (Lipinski definition) is 0. The third-order valence-electron chi connectivity index (χ3n) is 1.59. The summed E-state index contributed by atoms with van der Waals surface area (Å²) < 4.78 is 4.28. The van der Waals surface area contributed by atoms with Gasteiger partial charge in [0.25, 0.3) is 0 Å². The normalized spacial score (nSPS) is 7.85. The zero-order valence-corrected chi connectivity index (χ0v) is 10.7. The molecule has 1 heterocycles. The van der Waals surface area contributed by atoms with Crippen molar-refractivity contribution in [3.8, 4) is 0 Å². The Morgan fingerprint density at radius 1 is 1.31 bits per heavy atom. The Kier molecular flexibility index (Phi) is 15.2. The summed E-state index contributed by atoms with van der Waals surface area (Å²) in [6.07, 6.45) is 8.82. The minimum atomic E-state index is 0. The van der Waals surface area contributed by atoms with Gasteiger partial charge in [-0.15, -0.1) is 0 Å². The molecule has 0 atom stereocenters. The van der Waals surface area contributed by atoms with Crippen molar-refractivity contribution in [2.75, 3.05) is 0 Å². The number of halogens is 2. The van der Waals surface area contributed by atoms with Crippen LogP contribution in [0.25, 0.3) is 0 Å². The van der Waals surface area contributed by atoms with Crippen LogP contribution in [0.2, 0.25) is 0 Å². The molecule has 0 saturated carbocycles. The van der Waals surface area contributed by atoms with E-state index in [-0.39, 0.29) is 42.2 Å². The number of aromatic nitrogens is 2. The van der Waals surface area contributed by atoms with Gasteiger partial charge in [-0.1, -0.05) is 13.3 Å². The second-order valence-electron chi connectivity index (χ2n) is 2.67. The molecule has 1 aromatic rings. The number of rotatable bonds is 3. The van der Waals surface area contributed by atoms with Crippen LogP contribution in [-0.2, 0) is 13.6 Å². The summed E-state index contributed by atoms with van der Waals surface area (Å²) in [5, 5.41) is 0. The van der Waals surface area contributed by atoms with Crippen molar-refractivity contribution < 1.29 is 29.4 Å². The van der Waals surface area contributed by atoms with E-state index in [1.54, 1.807) is 0 Å². The zero-order valence-electron chi connectivity index (χ0n) is 8.08. The van der Waals surface area contributed by atoms with E-state index >= 15 is 0 Å². The van der Waals surface area contributed by atoms with Gasteiger partial charge in [0, 0.05) is 0 Å². The van der Waals surface area contributed by atoms with Crippen LogP contribution in [0.4, 0.5) is 0 Å². The molecule has 0 aromatic carbocycles. The summed E-state index contributed by atoms with van der Waals surface area (Å²) in [7, 11) is 2.04. The Labute approximate surface area is 103 Å². The SMILES string of the molecule is CCCCn1cc[n+](C)c1.[Al+].[Cl-].[Cl-]. The largest absolute Gasteiger partial charge is 1.00 e. The van der Waals surface area contributed by atoms with Gasteiger partial charge in [-0.3, -0.25) is 0 Å². The predicted octanol–water partition coefficient (Wildman–Crippen LogP) is -5.26. The fourth-order valence-corrected chi connectivity index (χ4v) is 0.975. The van der Waals surface area contributed by atoms with E-state index in [1.165, 1.54) is 12.8 Å². The smallest absolute Gasteiger partial charge is 1.00 e. The predicted molar refractivity (Wildman–Crippen MR) is 46.3 cm³/mol. The van der Waals surface area contributed by atoms with Crippen molar-refractivity contribution in [1.82, 2.24) is 4.57 Å². The van der Waals surface area contributed by atoms with E-state index in [1.807, 2.05) is 7.05 Å². The number of imidazole rings is 1. The van der Waals surface area contributed by atoms with Crippen molar-refractivity contribution in [3.05, 3.63) is 18.7 Å². The molecular formula is C8H15AlCl2N2. The molecule has 0 aliphatic carbocycles. The Morgan fingerprint density at radius 3 is 2.31 bits per heavy atom. The van der Waals surface area contributed by atoms with Gasteiger partial charge in [0.2, 0.25) is 6.33 Å². The standard InChI is InChI=1S/C8H15N2.Al.2ClH/c1-3-4-5-10-7-6-9(2)8-10;;;/h6-8H,3-5H2,1-2H3;;2*1H/q2*+1;;/p-2. The van der Waals surface area contributed by atoms with Gasteiger partial charge in [-0.05, 0) is 6.42 Å². The first kappa shape index (κ1) is 19.0. The van der Waals surface area contributed by atoms with Gasteiger partial charge in [0.15, 0.2) is 0 Å². The number of hydrogen-bond acceptors (Lipinski definition) is 0. The molecule has 0 aliphatic heterocycles. The molecule has 13 heavy (non-hydrogen) atoms. The molecule has 1 aromatic heterocycles. The number of unbranched alkanes of at least 4 members (excludes halogenated alkanes) is 1. The summed E-state index contributed by atoms with van der Waals surface area (Å²) >= 11 is 0. The molecular weight excluding hydrogens is 222 g/mol. The van der Waals surface area contributed by atoms with Gasteiger partial charge in [-0.2, -0.15) is 0 Å². The van der Waals surface area contributed by atoms with Gasteiger partial charge in [0.1, 0.15) is 12.4 Å². The maximum Gasteiger partial charge on any atom is 1.00 e. The molecule has 74 valence electrons. The summed E-state index contributed by atoms with van der Waals surface area (Å²) in [4.78, 5) is 0. The molecule has 2 radical (unpaired) electrons. The molecule has 0 saturated heterocycles. The molecule has 0 unspecified atom stereocenters. The maximum atomic E-state index is 2.21. The van der Waals surface area contributed by atoms with Crippen LogP contribution < -0.4 is 29.4 Å². The van der Waals surface area contributed by atoms with E-state index in [9.17, 15) is 0 Å². The summed E-state index contributed by atoms with van der Waals surface area (Å²) in [6, 6.07) is 0. The summed E-state index contributed by atoms with van der Waals surface area (Å²) in [5.74, 6) is 0. The quantitative estimate of drug-likeness (QED) is 0.367. The minimum Gasteiger partial charge on any atom is -1.00 e. The number of aryl methyl sites for hydroxylation is 2. The van der Waals surface area contributed by atoms with Crippen LogP contribution >= 0.6 is 0 Å². The second-order valence-corrected chi connectivity index (χ2v) is 2.67. The van der Waals surface area contributed by atoms with Crippen LogP contribution in [0.15, 0.2) is 18.7 Å². The Balaban J connectivity index is -0.000000333. The van der Waals surface area contributed by atoms with E-state index in [0.29, 0.717) is 0 Å². The van der Waals surface area contributed by atoms with Crippen LogP contribution in [0.1, 0.15) is 19.8 Å². The average molecular weight is 237 g/mol. The Hall–Kier alpha value is 0.322. The third-order valence-corrected chi connectivity index (χ3v) is 1.59. The molecule has 2 nitrogen and oxygen atoms in total. The molecule has 5 heteroatoms. The first-order valence-electron chi connectivity index (χ1n) is 3.84. The molecule has 0 aliphatic rings. The van der Waals surface area contributed by atoms with Crippen LogP contribution in [-0.4, -0.2) is 21.9 Å². The molecule has 0 amide bonds. The summed E-state index contributed by atoms with van der Waals surface area (Å²) in [6.45, 7) is 3.36. The van der Waals surface area contributed by atoms with Crippen molar-refractivity contribution in [2.45, 2.75) is 26.3 Å². The fourth-order valence-electron chi connectivity index (χ4n) is 0.975. The Bertz CT molecular complexity index is 204. The van der Waals surface area contributed by atoms with E-state index in [4.69, 9.17) is 0 Å². The zero-order chi connectivity index (χ0) is 7.40. The molecule has 0 fully saturated rings. The van der Waals surface area contributed by atoms with Gasteiger partial charge < -0.3 is 24.8 Å². The first-order chi connectivity index (χ1) is 4.83.